The lowest BCUT2D eigenvalue weighted by Gasteiger charge is -2.26. The predicted molar refractivity (Wildman–Crippen MR) is 85.8 cm³/mol. The lowest BCUT2D eigenvalue weighted by Crippen LogP contribution is -2.37. The maximum absolute atomic E-state index is 11.7. The molecule has 0 spiro atoms. The highest BCUT2D eigenvalue weighted by Crippen LogP contribution is 2.19. The Balaban J connectivity index is 2.02. The Morgan fingerprint density at radius 3 is 2.26 bits per heavy atom. The molecule has 0 saturated carbocycles. The average molecular weight is 285 g/mol. The molecule has 0 radical (unpaired) electrons. The molecule has 1 amide bonds. The van der Waals surface area contributed by atoms with Crippen LogP contribution in [0.5, 0.6) is 0 Å². The summed E-state index contributed by atoms with van der Waals surface area (Å²) in [6.45, 7) is 3.22. The first-order valence-corrected chi connectivity index (χ1v) is 8.83. The van der Waals surface area contributed by atoms with Crippen molar-refractivity contribution in [3.63, 3.8) is 0 Å². The number of carbonyl (C=O) groups is 1. The molecule has 1 aliphatic rings. The monoisotopic (exact) mass is 285 g/mol. The van der Waals surface area contributed by atoms with Crippen LogP contribution >= 0.6 is 12.6 Å². The van der Waals surface area contributed by atoms with Crippen LogP contribution in [0.4, 0.5) is 0 Å². The highest BCUT2D eigenvalue weighted by molar-refractivity contribution is 7.80. The summed E-state index contributed by atoms with van der Waals surface area (Å²) in [6.07, 6.45) is 13.8. The molecule has 1 aliphatic heterocycles. The first-order valence-electron chi connectivity index (χ1n) is 8.20. The van der Waals surface area contributed by atoms with E-state index in [9.17, 15) is 4.79 Å². The molecule has 0 N–H and O–H groups in total. The number of hydrogen-bond donors (Lipinski definition) is 1. The Morgan fingerprint density at radius 1 is 1.11 bits per heavy atom. The molecule has 0 aromatic carbocycles. The third-order valence-corrected chi connectivity index (χ3v) is 4.57. The summed E-state index contributed by atoms with van der Waals surface area (Å²) in [7, 11) is 0. The number of rotatable bonds is 11. The molecule has 2 nitrogen and oxygen atoms in total. The van der Waals surface area contributed by atoms with Crippen molar-refractivity contribution < 1.29 is 4.79 Å². The second-order valence-corrected chi connectivity index (χ2v) is 6.16. The topological polar surface area (TPSA) is 20.3 Å². The van der Waals surface area contributed by atoms with Gasteiger partial charge in [0, 0.05) is 24.8 Å². The molecule has 1 heterocycles. The van der Waals surface area contributed by atoms with Gasteiger partial charge in [0.25, 0.3) is 0 Å². The first-order chi connectivity index (χ1) is 9.29. The van der Waals surface area contributed by atoms with Crippen molar-refractivity contribution >= 4 is 18.5 Å². The number of thiol groups is 1. The fourth-order valence-electron chi connectivity index (χ4n) is 2.91. The lowest BCUT2D eigenvalue weighted by atomic mass is 10.0. The van der Waals surface area contributed by atoms with Crippen LogP contribution in [0, 0.1) is 0 Å². The first kappa shape index (κ1) is 16.9. The summed E-state index contributed by atoms with van der Waals surface area (Å²) in [6, 6.07) is 0.387. The zero-order valence-corrected chi connectivity index (χ0v) is 13.5. The fraction of sp³-hybridized carbons (Fsp3) is 0.938. The van der Waals surface area contributed by atoms with Gasteiger partial charge in [0.05, 0.1) is 0 Å². The van der Waals surface area contributed by atoms with E-state index < -0.39 is 0 Å². The van der Waals surface area contributed by atoms with Gasteiger partial charge in [-0.05, 0) is 12.8 Å². The highest BCUT2D eigenvalue weighted by Gasteiger charge is 2.26. The summed E-state index contributed by atoms with van der Waals surface area (Å²) in [5.41, 5.74) is 0. The number of carbonyl (C=O) groups excluding carboxylic acids is 1. The summed E-state index contributed by atoms with van der Waals surface area (Å²) < 4.78 is 0. The molecule has 1 saturated heterocycles. The van der Waals surface area contributed by atoms with E-state index in [0.717, 1.165) is 31.6 Å². The number of amides is 1. The molecule has 1 rings (SSSR count). The van der Waals surface area contributed by atoms with Gasteiger partial charge in [-0.3, -0.25) is 4.79 Å². The number of hydrogen-bond acceptors (Lipinski definition) is 2. The zero-order chi connectivity index (χ0) is 13.9. The predicted octanol–water partition coefficient (Wildman–Crippen LogP) is 4.44. The van der Waals surface area contributed by atoms with Crippen molar-refractivity contribution in [2.75, 3.05) is 12.3 Å². The van der Waals surface area contributed by atoms with Crippen LogP contribution in [0.25, 0.3) is 0 Å². The molecule has 0 aromatic heterocycles. The van der Waals surface area contributed by atoms with Gasteiger partial charge in [-0.25, -0.2) is 0 Å². The zero-order valence-electron chi connectivity index (χ0n) is 12.6. The van der Waals surface area contributed by atoms with Crippen molar-refractivity contribution in [2.24, 2.45) is 0 Å². The van der Waals surface area contributed by atoms with Crippen molar-refractivity contribution in [3.05, 3.63) is 0 Å². The maximum Gasteiger partial charge on any atom is 0.222 e. The van der Waals surface area contributed by atoms with Gasteiger partial charge in [-0.2, -0.15) is 12.6 Å². The lowest BCUT2D eigenvalue weighted by molar-refractivity contribution is -0.129. The summed E-state index contributed by atoms with van der Waals surface area (Å²) >= 11 is 4.42. The van der Waals surface area contributed by atoms with E-state index >= 15 is 0 Å². The van der Waals surface area contributed by atoms with Crippen LogP contribution < -0.4 is 0 Å². The molecule has 19 heavy (non-hydrogen) atoms. The normalized spacial score (nSPS) is 17.2. The van der Waals surface area contributed by atoms with E-state index in [1.165, 1.54) is 51.4 Å². The summed E-state index contributed by atoms with van der Waals surface area (Å²) in [4.78, 5) is 13.8. The van der Waals surface area contributed by atoms with Gasteiger partial charge in [0.15, 0.2) is 0 Å². The molecule has 1 unspecified atom stereocenters. The Bertz CT molecular complexity index is 245. The molecule has 0 aliphatic carbocycles. The van der Waals surface area contributed by atoms with Crippen LogP contribution in [0.1, 0.15) is 77.6 Å². The number of nitrogens with zero attached hydrogens (tertiary/aromatic N) is 1. The van der Waals surface area contributed by atoms with Crippen LogP contribution in [-0.4, -0.2) is 29.1 Å². The average Bonchev–Trinajstić information content (AvgIpc) is 2.83. The van der Waals surface area contributed by atoms with Gasteiger partial charge in [-0.15, -0.1) is 0 Å². The van der Waals surface area contributed by atoms with Gasteiger partial charge in [0.2, 0.25) is 5.91 Å². The Kier molecular flexibility index (Phi) is 9.40. The molecule has 0 aromatic rings. The fourth-order valence-corrected chi connectivity index (χ4v) is 3.29. The smallest absolute Gasteiger partial charge is 0.222 e. The third kappa shape index (κ3) is 6.69. The molecule has 1 fully saturated rings. The van der Waals surface area contributed by atoms with Crippen LogP contribution in [0.15, 0.2) is 0 Å². The van der Waals surface area contributed by atoms with Crippen molar-refractivity contribution in [1.29, 1.82) is 0 Å². The van der Waals surface area contributed by atoms with Crippen LogP contribution in [0.3, 0.4) is 0 Å². The van der Waals surface area contributed by atoms with Crippen LogP contribution in [0.2, 0.25) is 0 Å². The molecule has 0 bridgehead atoms. The standard InChI is InChI=1S/C16H31NOS/c1-2-3-4-5-6-7-8-9-11-15(14-19)17-13-10-12-16(17)18/h15,19H,2-14H2,1H3. The van der Waals surface area contributed by atoms with E-state index in [2.05, 4.69) is 24.5 Å². The largest absolute Gasteiger partial charge is 0.339 e. The minimum Gasteiger partial charge on any atom is -0.339 e. The van der Waals surface area contributed by atoms with Gasteiger partial charge in [0.1, 0.15) is 0 Å². The molecule has 1 atom stereocenters. The Labute approximate surface area is 124 Å². The Morgan fingerprint density at radius 2 is 1.74 bits per heavy atom. The second-order valence-electron chi connectivity index (χ2n) is 5.79. The van der Waals surface area contributed by atoms with Gasteiger partial charge in [-0.1, -0.05) is 58.3 Å². The van der Waals surface area contributed by atoms with Crippen molar-refractivity contribution in [1.82, 2.24) is 4.90 Å². The van der Waals surface area contributed by atoms with Gasteiger partial charge < -0.3 is 4.90 Å². The quantitative estimate of drug-likeness (QED) is 0.439. The molecular formula is C16H31NOS. The second kappa shape index (κ2) is 10.6. The summed E-state index contributed by atoms with van der Waals surface area (Å²) in [5.74, 6) is 1.17. The molecule has 3 heteroatoms. The maximum atomic E-state index is 11.7. The Hall–Kier alpha value is -0.180. The van der Waals surface area contributed by atoms with E-state index in [0.29, 0.717) is 11.9 Å². The number of unbranched alkanes of at least 4 members (excludes halogenated alkanes) is 7. The van der Waals surface area contributed by atoms with E-state index in [-0.39, 0.29) is 0 Å². The molecular weight excluding hydrogens is 254 g/mol. The molecule has 112 valence electrons. The minimum atomic E-state index is 0.346. The van der Waals surface area contributed by atoms with Crippen LogP contribution in [-0.2, 0) is 4.79 Å². The van der Waals surface area contributed by atoms with Gasteiger partial charge >= 0.3 is 0 Å². The highest BCUT2D eigenvalue weighted by atomic mass is 32.1. The number of likely N-dealkylation sites (tertiary alicyclic amines) is 1. The van der Waals surface area contributed by atoms with Crippen molar-refractivity contribution in [2.45, 2.75) is 83.6 Å². The third-order valence-electron chi connectivity index (χ3n) is 4.15. The van der Waals surface area contributed by atoms with Crippen molar-refractivity contribution in [3.8, 4) is 0 Å². The van der Waals surface area contributed by atoms with E-state index in [1.54, 1.807) is 0 Å². The SMILES string of the molecule is CCCCCCCCCCC(CS)N1CCCC1=O. The van der Waals surface area contributed by atoms with E-state index in [4.69, 9.17) is 0 Å². The minimum absolute atomic E-state index is 0.346. The summed E-state index contributed by atoms with van der Waals surface area (Å²) in [5, 5.41) is 0. The van der Waals surface area contributed by atoms with E-state index in [1.807, 2.05) is 0 Å².